The summed E-state index contributed by atoms with van der Waals surface area (Å²) in [4.78, 5) is 0. The molecule has 0 saturated carbocycles. The molecule has 0 heterocycles. The largest absolute Gasteiger partial charge is 0.154 e. The van der Waals surface area contributed by atoms with Crippen molar-refractivity contribution < 1.29 is 0 Å². The molecular formula is C23H38SSi. The summed E-state index contributed by atoms with van der Waals surface area (Å²) in [6.45, 7) is 21.8. The molecule has 140 valence electrons. The van der Waals surface area contributed by atoms with Crippen molar-refractivity contribution in [2.45, 2.75) is 78.8 Å². The predicted molar refractivity (Wildman–Crippen MR) is 120 cm³/mol. The molecule has 0 bridgehead atoms. The van der Waals surface area contributed by atoms with Crippen LogP contribution in [0.15, 0.2) is 46.7 Å². The fourth-order valence-electron chi connectivity index (χ4n) is 4.35. The van der Waals surface area contributed by atoms with Gasteiger partial charge in [0, 0.05) is 4.37 Å². The van der Waals surface area contributed by atoms with Crippen LogP contribution in [0, 0.1) is 10.8 Å². The number of allylic oxidation sites excluding steroid dienone is 7. The van der Waals surface area contributed by atoms with E-state index in [9.17, 15) is 0 Å². The zero-order chi connectivity index (χ0) is 19.1. The Kier molecular flexibility index (Phi) is 5.77. The SMILES string of the molecule is CCSC1([Si](C)(C)C2=CCC=C2)CC=C(C(C)(C)C)C=C1C(C)(C)C. The zero-order valence-electron chi connectivity index (χ0n) is 17.9. The standard InChI is InChI=1S/C23H38SSi/c1-10-24-23(25(8,9)19-13-11-12-14-19)16-15-18(21(2,3)4)17-20(23)22(5,6)7/h11,13-15,17H,10,12,16H2,1-9H3. The first-order valence-electron chi connectivity index (χ1n) is 9.80. The average Bonchev–Trinajstić information content (AvgIpc) is 3.00. The van der Waals surface area contributed by atoms with E-state index in [1.54, 1.807) is 10.8 Å². The van der Waals surface area contributed by atoms with Crippen LogP contribution >= 0.6 is 11.8 Å². The summed E-state index contributed by atoms with van der Waals surface area (Å²) >= 11 is 2.22. The van der Waals surface area contributed by atoms with Gasteiger partial charge in [-0.1, -0.05) is 103 Å². The lowest BCUT2D eigenvalue weighted by molar-refractivity contribution is 0.455. The third-order valence-electron chi connectivity index (χ3n) is 5.91. The summed E-state index contributed by atoms with van der Waals surface area (Å²) in [5, 5.41) is 1.65. The maximum absolute atomic E-state index is 2.60. The lowest BCUT2D eigenvalue weighted by Crippen LogP contribution is -2.57. The molecule has 2 heteroatoms. The van der Waals surface area contributed by atoms with Gasteiger partial charge < -0.3 is 0 Å². The molecule has 0 aromatic rings. The van der Waals surface area contributed by atoms with E-state index in [1.165, 1.54) is 17.7 Å². The van der Waals surface area contributed by atoms with Gasteiger partial charge in [-0.3, -0.25) is 0 Å². The fourth-order valence-corrected chi connectivity index (χ4v) is 11.2. The van der Waals surface area contributed by atoms with Gasteiger partial charge in [0.2, 0.25) is 0 Å². The number of rotatable bonds is 4. The number of thioether (sulfide) groups is 1. The van der Waals surface area contributed by atoms with Gasteiger partial charge in [0.1, 0.15) is 8.07 Å². The highest BCUT2D eigenvalue weighted by Gasteiger charge is 2.54. The van der Waals surface area contributed by atoms with E-state index in [0.29, 0.717) is 0 Å². The van der Waals surface area contributed by atoms with Crippen LogP contribution in [0.4, 0.5) is 0 Å². The second-order valence-corrected chi connectivity index (χ2v) is 16.7. The van der Waals surface area contributed by atoms with Gasteiger partial charge in [-0.25, -0.2) is 0 Å². The average molecular weight is 375 g/mol. The van der Waals surface area contributed by atoms with Crippen molar-refractivity contribution in [3.63, 3.8) is 0 Å². The number of hydrogen-bond acceptors (Lipinski definition) is 1. The number of hydrogen-bond donors (Lipinski definition) is 0. The maximum Gasteiger partial charge on any atom is 0.103 e. The lowest BCUT2D eigenvalue weighted by Gasteiger charge is -2.53. The minimum absolute atomic E-state index is 0.195. The minimum atomic E-state index is -1.68. The van der Waals surface area contributed by atoms with Crippen molar-refractivity contribution in [3.05, 3.63) is 46.7 Å². The van der Waals surface area contributed by atoms with E-state index in [1.807, 2.05) is 0 Å². The van der Waals surface area contributed by atoms with Gasteiger partial charge in [0.25, 0.3) is 0 Å². The third-order valence-corrected chi connectivity index (χ3v) is 13.4. The molecule has 1 unspecified atom stereocenters. The first-order valence-corrected chi connectivity index (χ1v) is 13.8. The van der Waals surface area contributed by atoms with Crippen LogP contribution in [-0.2, 0) is 0 Å². The summed E-state index contributed by atoms with van der Waals surface area (Å²) < 4.78 is 0.259. The molecule has 25 heavy (non-hydrogen) atoms. The van der Waals surface area contributed by atoms with Crippen molar-refractivity contribution in [1.29, 1.82) is 0 Å². The highest BCUT2D eigenvalue weighted by atomic mass is 32.2. The molecule has 2 aliphatic carbocycles. The first kappa shape index (κ1) is 20.8. The second-order valence-electron chi connectivity index (χ2n) is 10.1. The van der Waals surface area contributed by atoms with Crippen molar-refractivity contribution in [2.75, 3.05) is 5.75 Å². The van der Waals surface area contributed by atoms with Gasteiger partial charge >= 0.3 is 0 Å². The first-order chi connectivity index (χ1) is 11.4. The van der Waals surface area contributed by atoms with Crippen LogP contribution in [0.25, 0.3) is 0 Å². The highest BCUT2D eigenvalue weighted by Crippen LogP contribution is 2.56. The van der Waals surface area contributed by atoms with Gasteiger partial charge in [0.05, 0.1) is 0 Å². The normalized spacial score (nSPS) is 24.9. The Bertz CT molecular complexity index is 632. The van der Waals surface area contributed by atoms with E-state index in [4.69, 9.17) is 0 Å². The topological polar surface area (TPSA) is 0 Å². The maximum atomic E-state index is 2.60. The van der Waals surface area contributed by atoms with Crippen molar-refractivity contribution in [2.24, 2.45) is 10.8 Å². The molecule has 0 fully saturated rings. The molecule has 0 nitrogen and oxygen atoms in total. The molecule has 0 spiro atoms. The smallest absolute Gasteiger partial charge is 0.103 e. The third kappa shape index (κ3) is 3.81. The molecule has 0 radical (unpaired) electrons. The van der Waals surface area contributed by atoms with Gasteiger partial charge in [-0.2, -0.15) is 11.8 Å². The molecule has 0 aromatic heterocycles. The minimum Gasteiger partial charge on any atom is -0.154 e. The zero-order valence-corrected chi connectivity index (χ0v) is 19.7. The van der Waals surface area contributed by atoms with E-state index < -0.39 is 8.07 Å². The summed E-state index contributed by atoms with van der Waals surface area (Å²) in [6.07, 6.45) is 14.7. The van der Waals surface area contributed by atoms with E-state index in [0.717, 1.165) is 6.42 Å². The quantitative estimate of drug-likeness (QED) is 0.459. The molecule has 2 aliphatic rings. The van der Waals surface area contributed by atoms with E-state index in [-0.39, 0.29) is 15.2 Å². The monoisotopic (exact) mass is 374 g/mol. The predicted octanol–water partition coefficient (Wildman–Crippen LogP) is 7.50. The Balaban J connectivity index is 2.66. The van der Waals surface area contributed by atoms with Crippen LogP contribution in [0.5, 0.6) is 0 Å². The molecule has 0 aromatic carbocycles. The highest BCUT2D eigenvalue weighted by molar-refractivity contribution is 8.02. The van der Waals surface area contributed by atoms with E-state index in [2.05, 4.69) is 104 Å². The Morgan fingerprint density at radius 3 is 2.12 bits per heavy atom. The summed E-state index contributed by atoms with van der Waals surface area (Å²) in [5.41, 5.74) is 3.61. The molecule has 0 N–H and O–H groups in total. The van der Waals surface area contributed by atoms with Gasteiger partial charge in [0.15, 0.2) is 0 Å². The summed E-state index contributed by atoms with van der Waals surface area (Å²) in [7, 11) is -1.68. The van der Waals surface area contributed by atoms with Crippen LogP contribution in [0.1, 0.15) is 61.3 Å². The Hall–Kier alpha value is -0.473. The molecule has 0 saturated heterocycles. The Morgan fingerprint density at radius 2 is 1.68 bits per heavy atom. The second kappa shape index (κ2) is 6.92. The lowest BCUT2D eigenvalue weighted by atomic mass is 9.75. The van der Waals surface area contributed by atoms with Crippen molar-refractivity contribution in [3.8, 4) is 0 Å². The van der Waals surface area contributed by atoms with Crippen LogP contribution in [-0.4, -0.2) is 18.2 Å². The molecule has 2 rings (SSSR count). The van der Waals surface area contributed by atoms with Gasteiger partial charge in [-0.15, -0.1) is 0 Å². The Morgan fingerprint density at radius 1 is 1.04 bits per heavy atom. The van der Waals surface area contributed by atoms with Crippen LogP contribution in [0.2, 0.25) is 13.1 Å². The molecule has 1 atom stereocenters. The van der Waals surface area contributed by atoms with Crippen molar-refractivity contribution in [1.82, 2.24) is 0 Å². The summed E-state index contributed by atoms with van der Waals surface area (Å²) in [6, 6.07) is 0. The van der Waals surface area contributed by atoms with E-state index >= 15 is 0 Å². The fraction of sp³-hybridized carbons (Fsp3) is 0.652. The molecule has 0 aliphatic heterocycles. The van der Waals surface area contributed by atoms with Crippen molar-refractivity contribution >= 4 is 19.8 Å². The Labute approximate surface area is 162 Å². The van der Waals surface area contributed by atoms with Crippen LogP contribution in [0.3, 0.4) is 0 Å². The molecular weight excluding hydrogens is 336 g/mol. The van der Waals surface area contributed by atoms with Gasteiger partial charge in [-0.05, 0) is 35.0 Å². The molecule has 0 amide bonds. The van der Waals surface area contributed by atoms with Crippen LogP contribution < -0.4 is 0 Å². The summed E-state index contributed by atoms with van der Waals surface area (Å²) in [5.74, 6) is 1.18.